The Morgan fingerprint density at radius 3 is 2.37 bits per heavy atom. The molecule has 0 spiro atoms. The Hall–Kier alpha value is -0.700. The number of nitrogens with zero attached hydrogens (tertiary/aromatic N) is 2. The van der Waals surface area contributed by atoms with Crippen LogP contribution in [0.2, 0.25) is 0 Å². The number of carbonyl (C=O) groups excluding carboxylic acids is 1. The highest BCUT2D eigenvalue weighted by Gasteiger charge is 2.37. The molecule has 0 aromatic carbocycles. The number of amides is 1. The number of primary amides is 1. The van der Waals surface area contributed by atoms with Gasteiger partial charge in [0.25, 0.3) is 10.2 Å². The molecule has 1 amide bonds. The van der Waals surface area contributed by atoms with Crippen LogP contribution in [-0.2, 0) is 15.0 Å². The van der Waals surface area contributed by atoms with E-state index in [1.54, 1.807) is 0 Å². The summed E-state index contributed by atoms with van der Waals surface area (Å²) in [7, 11) is -3.58. The zero-order valence-corrected chi connectivity index (χ0v) is 11.9. The molecule has 1 heterocycles. The van der Waals surface area contributed by atoms with Crippen molar-refractivity contribution in [3.63, 3.8) is 0 Å². The predicted molar refractivity (Wildman–Crippen MR) is 71.5 cm³/mol. The fourth-order valence-electron chi connectivity index (χ4n) is 2.77. The van der Waals surface area contributed by atoms with Crippen molar-refractivity contribution in [3.8, 4) is 0 Å². The van der Waals surface area contributed by atoms with Gasteiger partial charge in [0.05, 0.1) is 6.54 Å². The van der Waals surface area contributed by atoms with E-state index in [1.807, 2.05) is 0 Å². The van der Waals surface area contributed by atoms with Gasteiger partial charge >= 0.3 is 0 Å². The Balaban J connectivity index is 2.17. The molecule has 0 atom stereocenters. The molecule has 1 aliphatic carbocycles. The van der Waals surface area contributed by atoms with Gasteiger partial charge in [-0.05, 0) is 12.8 Å². The van der Waals surface area contributed by atoms with Crippen molar-refractivity contribution in [1.82, 2.24) is 13.9 Å². The number of nitrogens with two attached hydrogens (primary N) is 1. The highest BCUT2D eigenvalue weighted by Crippen LogP contribution is 2.26. The quantitative estimate of drug-likeness (QED) is 0.669. The SMILES string of the molecule is NC(=O)CN(C1CCCC1)S(=O)(=O)N1CCNCC1. The second kappa shape index (κ2) is 6.17. The van der Waals surface area contributed by atoms with Crippen LogP contribution < -0.4 is 11.1 Å². The largest absolute Gasteiger partial charge is 0.369 e. The minimum Gasteiger partial charge on any atom is -0.369 e. The van der Waals surface area contributed by atoms with Crippen LogP contribution in [0.1, 0.15) is 25.7 Å². The topological polar surface area (TPSA) is 95.7 Å². The van der Waals surface area contributed by atoms with E-state index in [4.69, 9.17) is 5.73 Å². The van der Waals surface area contributed by atoms with Crippen molar-refractivity contribution < 1.29 is 13.2 Å². The average Bonchev–Trinajstić information content (AvgIpc) is 2.90. The Morgan fingerprint density at radius 2 is 1.84 bits per heavy atom. The lowest BCUT2D eigenvalue weighted by molar-refractivity contribution is -0.118. The van der Waals surface area contributed by atoms with E-state index >= 15 is 0 Å². The summed E-state index contributed by atoms with van der Waals surface area (Å²) >= 11 is 0. The standard InChI is InChI=1S/C11H22N4O3S/c12-11(16)9-15(10-3-1-2-4-10)19(17,18)14-7-5-13-6-8-14/h10,13H,1-9H2,(H2,12,16). The minimum absolute atomic E-state index is 0.0765. The lowest BCUT2D eigenvalue weighted by Crippen LogP contribution is -2.55. The summed E-state index contributed by atoms with van der Waals surface area (Å²) in [5.41, 5.74) is 5.21. The molecule has 0 aromatic heterocycles. The van der Waals surface area contributed by atoms with E-state index in [9.17, 15) is 13.2 Å². The van der Waals surface area contributed by atoms with E-state index in [1.165, 1.54) is 8.61 Å². The van der Waals surface area contributed by atoms with Crippen molar-refractivity contribution >= 4 is 16.1 Å². The second-order valence-corrected chi connectivity index (χ2v) is 6.99. The molecule has 7 nitrogen and oxygen atoms in total. The van der Waals surface area contributed by atoms with E-state index in [0.29, 0.717) is 26.2 Å². The summed E-state index contributed by atoms with van der Waals surface area (Å²) in [4.78, 5) is 11.2. The van der Waals surface area contributed by atoms with Crippen LogP contribution in [0.3, 0.4) is 0 Å². The summed E-state index contributed by atoms with van der Waals surface area (Å²) < 4.78 is 28.0. The Bertz CT molecular complexity index is 414. The van der Waals surface area contributed by atoms with Crippen LogP contribution in [0.4, 0.5) is 0 Å². The van der Waals surface area contributed by atoms with E-state index in [-0.39, 0.29) is 12.6 Å². The van der Waals surface area contributed by atoms with Crippen LogP contribution in [0.15, 0.2) is 0 Å². The van der Waals surface area contributed by atoms with Gasteiger partial charge in [-0.15, -0.1) is 0 Å². The summed E-state index contributed by atoms with van der Waals surface area (Å²) in [5.74, 6) is -0.592. The first-order valence-corrected chi connectivity index (χ1v) is 8.17. The molecule has 0 aromatic rings. The number of nitrogens with one attached hydrogen (secondary N) is 1. The third kappa shape index (κ3) is 3.44. The van der Waals surface area contributed by atoms with Crippen molar-refractivity contribution in [3.05, 3.63) is 0 Å². The smallest absolute Gasteiger partial charge is 0.282 e. The number of hydrogen-bond donors (Lipinski definition) is 2. The molecular weight excluding hydrogens is 268 g/mol. The molecule has 2 aliphatic rings. The minimum atomic E-state index is -3.58. The van der Waals surface area contributed by atoms with Gasteiger partial charge < -0.3 is 11.1 Å². The van der Waals surface area contributed by atoms with Gasteiger partial charge in [-0.1, -0.05) is 12.8 Å². The molecule has 19 heavy (non-hydrogen) atoms. The summed E-state index contributed by atoms with van der Waals surface area (Å²) in [6.07, 6.45) is 3.66. The Labute approximate surface area is 114 Å². The monoisotopic (exact) mass is 290 g/mol. The van der Waals surface area contributed by atoms with Gasteiger partial charge in [-0.3, -0.25) is 4.79 Å². The first-order valence-electron chi connectivity index (χ1n) is 6.78. The molecule has 1 saturated carbocycles. The maximum absolute atomic E-state index is 12.6. The maximum Gasteiger partial charge on any atom is 0.282 e. The third-order valence-corrected chi connectivity index (χ3v) is 5.78. The van der Waals surface area contributed by atoms with Gasteiger partial charge in [0, 0.05) is 32.2 Å². The molecule has 0 radical (unpaired) electrons. The number of rotatable bonds is 5. The van der Waals surface area contributed by atoms with Crippen LogP contribution >= 0.6 is 0 Å². The summed E-state index contributed by atoms with van der Waals surface area (Å²) in [6, 6.07) is -0.0765. The molecule has 110 valence electrons. The molecule has 8 heteroatoms. The van der Waals surface area contributed by atoms with E-state index < -0.39 is 16.1 Å². The fraction of sp³-hybridized carbons (Fsp3) is 0.909. The van der Waals surface area contributed by atoms with Gasteiger partial charge in [0.1, 0.15) is 0 Å². The fourth-order valence-corrected chi connectivity index (χ4v) is 4.59. The van der Waals surface area contributed by atoms with Gasteiger partial charge in [-0.2, -0.15) is 17.0 Å². The lowest BCUT2D eigenvalue weighted by atomic mass is 10.2. The van der Waals surface area contributed by atoms with Gasteiger partial charge in [0.15, 0.2) is 0 Å². The maximum atomic E-state index is 12.6. The zero-order valence-electron chi connectivity index (χ0n) is 11.0. The van der Waals surface area contributed by atoms with Crippen molar-refractivity contribution in [2.75, 3.05) is 32.7 Å². The van der Waals surface area contributed by atoms with Crippen LogP contribution in [0.5, 0.6) is 0 Å². The number of carbonyl (C=O) groups is 1. The van der Waals surface area contributed by atoms with Crippen molar-refractivity contribution in [1.29, 1.82) is 0 Å². The van der Waals surface area contributed by atoms with Crippen molar-refractivity contribution in [2.45, 2.75) is 31.7 Å². The highest BCUT2D eigenvalue weighted by atomic mass is 32.2. The predicted octanol–water partition coefficient (Wildman–Crippen LogP) is -1.13. The molecule has 0 unspecified atom stereocenters. The second-order valence-electron chi connectivity index (χ2n) is 5.11. The number of piperazine rings is 1. The summed E-state index contributed by atoms with van der Waals surface area (Å²) in [6.45, 7) is 1.98. The molecule has 1 saturated heterocycles. The van der Waals surface area contributed by atoms with E-state index in [0.717, 1.165) is 25.7 Å². The average molecular weight is 290 g/mol. The first-order chi connectivity index (χ1) is 9.01. The molecular formula is C11H22N4O3S. The zero-order chi connectivity index (χ0) is 13.9. The van der Waals surface area contributed by atoms with Crippen LogP contribution in [-0.4, -0.2) is 61.7 Å². The first kappa shape index (κ1) is 14.7. The van der Waals surface area contributed by atoms with E-state index in [2.05, 4.69) is 5.32 Å². The van der Waals surface area contributed by atoms with Crippen LogP contribution in [0.25, 0.3) is 0 Å². The van der Waals surface area contributed by atoms with Gasteiger partial charge in [-0.25, -0.2) is 0 Å². The molecule has 2 rings (SSSR count). The van der Waals surface area contributed by atoms with Crippen molar-refractivity contribution in [2.24, 2.45) is 5.73 Å². The number of hydrogen-bond acceptors (Lipinski definition) is 4. The van der Waals surface area contributed by atoms with Gasteiger partial charge in [0.2, 0.25) is 5.91 Å². The highest BCUT2D eigenvalue weighted by molar-refractivity contribution is 7.86. The normalized spacial score (nSPS) is 23.0. The Kier molecular flexibility index (Phi) is 4.77. The summed E-state index contributed by atoms with van der Waals surface area (Å²) in [5, 5.41) is 3.12. The molecule has 1 aliphatic heterocycles. The lowest BCUT2D eigenvalue weighted by Gasteiger charge is -2.34. The Morgan fingerprint density at radius 1 is 1.26 bits per heavy atom. The van der Waals surface area contributed by atoms with Crippen LogP contribution in [0, 0.1) is 0 Å². The third-order valence-electron chi connectivity index (χ3n) is 3.74. The molecule has 0 bridgehead atoms. The molecule has 2 fully saturated rings. The molecule has 3 N–H and O–H groups in total.